The van der Waals surface area contributed by atoms with Gasteiger partial charge in [-0.3, -0.25) is 14.3 Å². The highest BCUT2D eigenvalue weighted by Crippen LogP contribution is 2.18. The van der Waals surface area contributed by atoms with Crippen molar-refractivity contribution in [2.24, 2.45) is 5.92 Å². The second-order valence-corrected chi connectivity index (χ2v) is 12.7. The summed E-state index contributed by atoms with van der Waals surface area (Å²) >= 11 is 0. The molecule has 0 aliphatic heterocycles. The number of sulfonamides is 1. The molecule has 0 saturated heterocycles. The molecule has 0 bridgehead atoms. The lowest BCUT2D eigenvalue weighted by molar-refractivity contribution is -0.124. The highest BCUT2D eigenvalue weighted by molar-refractivity contribution is 7.92. The number of nitrogens with one attached hydrogen (secondary N) is 3. The van der Waals surface area contributed by atoms with Crippen LogP contribution in [0.25, 0.3) is 0 Å². The molecular weight excluding hydrogens is 552 g/mol. The normalized spacial score (nSPS) is 12.7. The van der Waals surface area contributed by atoms with E-state index < -0.39 is 28.0 Å². The molecule has 2 amide bonds. The van der Waals surface area contributed by atoms with E-state index in [4.69, 9.17) is 4.74 Å². The fourth-order valence-electron chi connectivity index (χ4n) is 4.49. The minimum absolute atomic E-state index is 0.111. The molecule has 3 aromatic rings. The van der Waals surface area contributed by atoms with Gasteiger partial charge in [0, 0.05) is 37.1 Å². The fourth-order valence-corrected chi connectivity index (χ4v) is 5.84. The number of benzene rings is 3. The summed E-state index contributed by atoms with van der Waals surface area (Å²) < 4.78 is 34.1. The largest absolute Gasteiger partial charge is 0.497 e. The molecule has 2 atom stereocenters. The summed E-state index contributed by atoms with van der Waals surface area (Å²) in [4.78, 5) is 28.6. The standard InChI is InChI=1S/C32H42N4O5S/c1-23(2)21-30(34-31(37)25-12-17-28(18-13-25)36(3)4)32(38)33-27(14-11-24-9-7-6-8-10-24)22-42(39,40)35-26-15-19-29(41-5)20-16-26/h6-10,12-13,15-20,23,27,30,35H,11,14,21-22H2,1-5H3,(H,33,38)(H,34,37)/t27-,30?/m0/s1. The Kier molecular flexibility index (Phi) is 11.8. The second kappa shape index (κ2) is 15.3. The van der Waals surface area contributed by atoms with E-state index in [-0.39, 0.29) is 17.6 Å². The zero-order valence-electron chi connectivity index (χ0n) is 25.0. The lowest BCUT2D eigenvalue weighted by Crippen LogP contribution is -2.52. The van der Waals surface area contributed by atoms with Gasteiger partial charge in [-0.05, 0) is 79.3 Å². The maximum Gasteiger partial charge on any atom is 0.251 e. The summed E-state index contributed by atoms with van der Waals surface area (Å²) in [7, 11) is 1.54. The van der Waals surface area contributed by atoms with Gasteiger partial charge in [-0.1, -0.05) is 44.2 Å². The highest BCUT2D eigenvalue weighted by Gasteiger charge is 2.27. The van der Waals surface area contributed by atoms with E-state index >= 15 is 0 Å². The van der Waals surface area contributed by atoms with Crippen molar-refractivity contribution in [2.75, 3.05) is 36.6 Å². The van der Waals surface area contributed by atoms with Gasteiger partial charge in [0.25, 0.3) is 5.91 Å². The number of hydrogen-bond acceptors (Lipinski definition) is 6. The van der Waals surface area contributed by atoms with Crippen LogP contribution in [-0.2, 0) is 21.2 Å². The molecule has 3 rings (SSSR count). The van der Waals surface area contributed by atoms with Crippen LogP contribution in [0.5, 0.6) is 5.75 Å². The molecule has 0 spiro atoms. The topological polar surface area (TPSA) is 117 Å². The van der Waals surface area contributed by atoms with Crippen molar-refractivity contribution in [3.05, 3.63) is 90.0 Å². The zero-order chi connectivity index (χ0) is 30.7. The number of amides is 2. The van der Waals surface area contributed by atoms with Gasteiger partial charge in [0.05, 0.1) is 12.9 Å². The smallest absolute Gasteiger partial charge is 0.251 e. The van der Waals surface area contributed by atoms with Crippen LogP contribution in [0.4, 0.5) is 11.4 Å². The van der Waals surface area contributed by atoms with Gasteiger partial charge >= 0.3 is 0 Å². The van der Waals surface area contributed by atoms with E-state index in [0.717, 1.165) is 11.3 Å². The van der Waals surface area contributed by atoms with Gasteiger partial charge in [0.2, 0.25) is 15.9 Å². The number of hydrogen-bond donors (Lipinski definition) is 3. The minimum Gasteiger partial charge on any atom is -0.497 e. The maximum atomic E-state index is 13.6. The SMILES string of the molecule is COc1ccc(NS(=O)(=O)C[C@H](CCc2ccccc2)NC(=O)C(CC(C)C)NC(=O)c2ccc(N(C)C)cc2)cc1. The number of ether oxygens (including phenoxy) is 1. The van der Waals surface area contributed by atoms with Crippen molar-refractivity contribution < 1.29 is 22.7 Å². The summed E-state index contributed by atoms with van der Waals surface area (Å²) in [5, 5.41) is 5.80. The predicted molar refractivity (Wildman–Crippen MR) is 169 cm³/mol. The quantitative estimate of drug-likeness (QED) is 0.239. The van der Waals surface area contributed by atoms with Gasteiger partial charge in [-0.25, -0.2) is 8.42 Å². The zero-order valence-corrected chi connectivity index (χ0v) is 25.8. The van der Waals surface area contributed by atoms with Gasteiger partial charge in [-0.2, -0.15) is 0 Å². The summed E-state index contributed by atoms with van der Waals surface area (Å²) in [6.07, 6.45) is 1.37. The van der Waals surface area contributed by atoms with Crippen molar-refractivity contribution in [1.29, 1.82) is 0 Å². The highest BCUT2D eigenvalue weighted by atomic mass is 32.2. The number of aryl methyl sites for hydroxylation is 1. The molecule has 226 valence electrons. The molecule has 42 heavy (non-hydrogen) atoms. The molecule has 3 aromatic carbocycles. The number of methoxy groups -OCH3 is 1. The van der Waals surface area contributed by atoms with Gasteiger partial charge in [0.15, 0.2) is 0 Å². The van der Waals surface area contributed by atoms with Crippen molar-refractivity contribution in [1.82, 2.24) is 10.6 Å². The first-order chi connectivity index (χ1) is 20.0. The molecule has 10 heteroatoms. The predicted octanol–water partition coefficient (Wildman–Crippen LogP) is 4.47. The summed E-state index contributed by atoms with van der Waals surface area (Å²) in [5.41, 5.74) is 2.82. The summed E-state index contributed by atoms with van der Waals surface area (Å²) in [6, 6.07) is 21.8. The van der Waals surface area contributed by atoms with Gasteiger partial charge in [0.1, 0.15) is 11.8 Å². The first-order valence-electron chi connectivity index (χ1n) is 14.0. The van der Waals surface area contributed by atoms with E-state index in [9.17, 15) is 18.0 Å². The minimum atomic E-state index is -3.83. The molecule has 0 heterocycles. The fraction of sp³-hybridized carbons (Fsp3) is 0.375. The Hall–Kier alpha value is -4.05. The molecule has 0 aromatic heterocycles. The third-order valence-electron chi connectivity index (χ3n) is 6.73. The van der Waals surface area contributed by atoms with Crippen molar-refractivity contribution in [3.8, 4) is 5.75 Å². The van der Waals surface area contributed by atoms with Gasteiger partial charge in [-0.15, -0.1) is 0 Å². The number of anilines is 2. The number of carbonyl (C=O) groups is 2. The lowest BCUT2D eigenvalue weighted by atomic mass is 10.0. The first kappa shape index (κ1) is 32.5. The average Bonchev–Trinajstić information content (AvgIpc) is 2.96. The van der Waals surface area contributed by atoms with E-state index in [1.807, 2.05) is 75.3 Å². The molecule has 9 nitrogen and oxygen atoms in total. The molecule has 0 aliphatic carbocycles. The van der Waals surface area contributed by atoms with Gasteiger partial charge < -0.3 is 20.3 Å². The van der Waals surface area contributed by atoms with Crippen molar-refractivity contribution in [3.63, 3.8) is 0 Å². The van der Waals surface area contributed by atoms with Crippen LogP contribution >= 0.6 is 0 Å². The Bertz CT molecular complexity index is 1390. The molecule has 3 N–H and O–H groups in total. The summed E-state index contributed by atoms with van der Waals surface area (Å²) in [5.74, 6) is -0.389. The Balaban J connectivity index is 1.76. The lowest BCUT2D eigenvalue weighted by Gasteiger charge is -2.25. The van der Waals surface area contributed by atoms with E-state index in [0.29, 0.717) is 36.3 Å². The van der Waals surface area contributed by atoms with Crippen molar-refractivity contribution in [2.45, 2.75) is 45.2 Å². The molecular formula is C32H42N4O5S. The van der Waals surface area contributed by atoms with E-state index in [1.54, 1.807) is 36.4 Å². The van der Waals surface area contributed by atoms with Crippen LogP contribution in [0, 0.1) is 5.92 Å². The number of carbonyl (C=O) groups excluding carboxylic acids is 2. The molecule has 0 aliphatic rings. The van der Waals surface area contributed by atoms with Crippen LogP contribution in [-0.4, -0.2) is 59.3 Å². The molecule has 0 fully saturated rings. The Morgan fingerprint density at radius 2 is 1.52 bits per heavy atom. The second-order valence-electron chi connectivity index (χ2n) is 10.9. The molecule has 0 radical (unpaired) electrons. The Morgan fingerprint density at radius 1 is 0.881 bits per heavy atom. The van der Waals surface area contributed by atoms with Crippen LogP contribution in [0.1, 0.15) is 42.6 Å². The molecule has 1 unspecified atom stereocenters. The molecule has 0 saturated carbocycles. The number of rotatable bonds is 15. The van der Waals surface area contributed by atoms with Crippen LogP contribution in [0.2, 0.25) is 0 Å². The van der Waals surface area contributed by atoms with Crippen LogP contribution in [0.3, 0.4) is 0 Å². The van der Waals surface area contributed by atoms with Crippen LogP contribution < -0.4 is 25.0 Å². The third kappa shape index (κ3) is 10.4. The van der Waals surface area contributed by atoms with Crippen molar-refractivity contribution >= 4 is 33.2 Å². The monoisotopic (exact) mass is 594 g/mol. The summed E-state index contributed by atoms with van der Waals surface area (Å²) in [6.45, 7) is 3.93. The Labute approximate surface area is 249 Å². The Morgan fingerprint density at radius 3 is 2.10 bits per heavy atom. The first-order valence-corrected chi connectivity index (χ1v) is 15.7. The van der Waals surface area contributed by atoms with E-state index in [1.165, 1.54) is 7.11 Å². The maximum absolute atomic E-state index is 13.6. The van der Waals surface area contributed by atoms with E-state index in [2.05, 4.69) is 15.4 Å². The van der Waals surface area contributed by atoms with Crippen LogP contribution in [0.15, 0.2) is 78.9 Å². The third-order valence-corrected chi connectivity index (χ3v) is 8.12. The number of nitrogens with zero attached hydrogens (tertiary/aromatic N) is 1. The average molecular weight is 595 g/mol.